The summed E-state index contributed by atoms with van der Waals surface area (Å²) in [5.41, 5.74) is 1.04. The molecule has 1 aromatic carbocycles. The zero-order valence-electron chi connectivity index (χ0n) is 16.4. The molecule has 0 amide bonds. The predicted octanol–water partition coefficient (Wildman–Crippen LogP) is 1.47. The highest BCUT2D eigenvalue weighted by molar-refractivity contribution is 14.0. The lowest BCUT2D eigenvalue weighted by Crippen LogP contribution is -2.42. The van der Waals surface area contributed by atoms with Gasteiger partial charge in [-0.25, -0.2) is 13.1 Å². The maximum absolute atomic E-state index is 12.1. The SMILES string of the molecule is CN=C(NCCS(=O)(=O)NCC1CCCCO1)NCc1cccc(OC)c1.I. The molecule has 1 heterocycles. The Hall–Kier alpha value is -1.11. The minimum atomic E-state index is -3.35. The lowest BCUT2D eigenvalue weighted by Gasteiger charge is -2.22. The molecule has 0 saturated carbocycles. The largest absolute Gasteiger partial charge is 0.497 e. The van der Waals surface area contributed by atoms with Crippen LogP contribution in [-0.2, 0) is 21.3 Å². The Kier molecular flexibility index (Phi) is 11.7. The number of hydrogen-bond acceptors (Lipinski definition) is 5. The molecule has 160 valence electrons. The van der Waals surface area contributed by atoms with Crippen molar-refractivity contribution in [1.29, 1.82) is 0 Å². The van der Waals surface area contributed by atoms with Crippen molar-refractivity contribution in [2.24, 2.45) is 4.99 Å². The van der Waals surface area contributed by atoms with Gasteiger partial charge in [0.25, 0.3) is 0 Å². The third-order valence-electron chi connectivity index (χ3n) is 4.29. The van der Waals surface area contributed by atoms with Crippen LogP contribution in [0.1, 0.15) is 24.8 Å². The van der Waals surface area contributed by atoms with E-state index < -0.39 is 10.0 Å². The van der Waals surface area contributed by atoms with Crippen molar-refractivity contribution in [3.8, 4) is 5.75 Å². The number of ether oxygens (including phenoxy) is 2. The van der Waals surface area contributed by atoms with Gasteiger partial charge in [0, 0.05) is 33.3 Å². The Morgan fingerprint density at radius 3 is 2.82 bits per heavy atom. The molecule has 0 spiro atoms. The summed E-state index contributed by atoms with van der Waals surface area (Å²) in [7, 11) is -0.0790. The Morgan fingerprint density at radius 1 is 1.32 bits per heavy atom. The van der Waals surface area contributed by atoms with Crippen molar-refractivity contribution in [2.75, 3.05) is 39.6 Å². The number of hydrogen-bond donors (Lipinski definition) is 3. The Labute approximate surface area is 184 Å². The second kappa shape index (κ2) is 13.2. The summed E-state index contributed by atoms with van der Waals surface area (Å²) in [6.07, 6.45) is 3.03. The second-order valence-electron chi connectivity index (χ2n) is 6.36. The van der Waals surface area contributed by atoms with E-state index in [-0.39, 0.29) is 42.4 Å². The summed E-state index contributed by atoms with van der Waals surface area (Å²) in [4.78, 5) is 4.11. The molecular formula is C18H31IN4O4S. The first kappa shape index (κ1) is 24.9. The van der Waals surface area contributed by atoms with Crippen LogP contribution in [0.25, 0.3) is 0 Å². The smallest absolute Gasteiger partial charge is 0.213 e. The lowest BCUT2D eigenvalue weighted by molar-refractivity contribution is 0.0200. The summed E-state index contributed by atoms with van der Waals surface area (Å²) < 4.78 is 37.6. The van der Waals surface area contributed by atoms with E-state index in [1.165, 1.54) is 0 Å². The first-order valence-electron chi connectivity index (χ1n) is 9.19. The van der Waals surface area contributed by atoms with E-state index in [2.05, 4.69) is 20.3 Å². The topological polar surface area (TPSA) is 101 Å². The zero-order valence-corrected chi connectivity index (χ0v) is 19.6. The number of nitrogens with zero attached hydrogens (tertiary/aromatic N) is 1. The van der Waals surface area contributed by atoms with Gasteiger partial charge < -0.3 is 20.1 Å². The van der Waals surface area contributed by atoms with Gasteiger partial charge in [-0.2, -0.15) is 0 Å². The van der Waals surface area contributed by atoms with Crippen molar-refractivity contribution in [3.63, 3.8) is 0 Å². The molecule has 1 fully saturated rings. The molecule has 10 heteroatoms. The first-order chi connectivity index (χ1) is 13.0. The molecular weight excluding hydrogens is 495 g/mol. The number of halogens is 1. The summed E-state index contributed by atoms with van der Waals surface area (Å²) in [6, 6.07) is 7.71. The molecule has 1 aliphatic rings. The fourth-order valence-electron chi connectivity index (χ4n) is 2.75. The van der Waals surface area contributed by atoms with Crippen molar-refractivity contribution < 1.29 is 17.9 Å². The average molecular weight is 526 g/mol. The van der Waals surface area contributed by atoms with Crippen molar-refractivity contribution in [2.45, 2.75) is 31.9 Å². The summed E-state index contributed by atoms with van der Waals surface area (Å²) in [6.45, 7) is 1.87. The third kappa shape index (κ3) is 9.39. The number of guanidine groups is 1. The van der Waals surface area contributed by atoms with Gasteiger partial charge in [-0.15, -0.1) is 24.0 Å². The molecule has 0 aromatic heterocycles. The van der Waals surface area contributed by atoms with Crippen LogP contribution in [0, 0.1) is 0 Å². The molecule has 0 radical (unpaired) electrons. The molecule has 0 aliphatic carbocycles. The Balaban J connectivity index is 0.00000392. The van der Waals surface area contributed by atoms with Crippen molar-refractivity contribution in [1.82, 2.24) is 15.4 Å². The van der Waals surface area contributed by atoms with Gasteiger partial charge in [0.1, 0.15) is 5.75 Å². The quantitative estimate of drug-likeness (QED) is 0.256. The van der Waals surface area contributed by atoms with Crippen LogP contribution in [0.2, 0.25) is 0 Å². The van der Waals surface area contributed by atoms with Gasteiger partial charge in [0.05, 0.1) is 19.0 Å². The number of sulfonamides is 1. The first-order valence-corrected chi connectivity index (χ1v) is 10.8. The van der Waals surface area contributed by atoms with Crippen LogP contribution in [0.3, 0.4) is 0 Å². The van der Waals surface area contributed by atoms with Crippen LogP contribution in [-0.4, -0.2) is 60.1 Å². The van der Waals surface area contributed by atoms with Crippen molar-refractivity contribution in [3.05, 3.63) is 29.8 Å². The van der Waals surface area contributed by atoms with Crippen LogP contribution >= 0.6 is 24.0 Å². The van der Waals surface area contributed by atoms with E-state index in [0.717, 1.165) is 30.6 Å². The van der Waals surface area contributed by atoms with E-state index in [4.69, 9.17) is 9.47 Å². The van der Waals surface area contributed by atoms with Crippen LogP contribution in [0.5, 0.6) is 5.75 Å². The number of aliphatic imine (C=N–C) groups is 1. The van der Waals surface area contributed by atoms with E-state index >= 15 is 0 Å². The fraction of sp³-hybridized carbons (Fsp3) is 0.611. The highest BCUT2D eigenvalue weighted by Gasteiger charge is 2.17. The fourth-order valence-corrected chi connectivity index (χ4v) is 3.71. The lowest BCUT2D eigenvalue weighted by atomic mass is 10.1. The van der Waals surface area contributed by atoms with E-state index in [9.17, 15) is 8.42 Å². The number of benzene rings is 1. The summed E-state index contributed by atoms with van der Waals surface area (Å²) in [5.74, 6) is 1.31. The molecule has 8 nitrogen and oxygen atoms in total. The monoisotopic (exact) mass is 526 g/mol. The average Bonchev–Trinajstić information content (AvgIpc) is 2.70. The molecule has 1 atom stereocenters. The van der Waals surface area contributed by atoms with Gasteiger partial charge in [0.15, 0.2) is 5.96 Å². The van der Waals surface area contributed by atoms with E-state index in [0.29, 0.717) is 25.7 Å². The van der Waals surface area contributed by atoms with Gasteiger partial charge >= 0.3 is 0 Å². The maximum atomic E-state index is 12.1. The van der Waals surface area contributed by atoms with Gasteiger partial charge in [-0.3, -0.25) is 4.99 Å². The molecule has 1 unspecified atom stereocenters. The predicted molar refractivity (Wildman–Crippen MR) is 122 cm³/mol. The van der Waals surface area contributed by atoms with Gasteiger partial charge in [0.2, 0.25) is 10.0 Å². The second-order valence-corrected chi connectivity index (χ2v) is 8.29. The molecule has 3 N–H and O–H groups in total. The third-order valence-corrected chi connectivity index (χ3v) is 5.63. The normalized spacial score (nSPS) is 17.5. The van der Waals surface area contributed by atoms with Gasteiger partial charge in [-0.05, 0) is 37.0 Å². The van der Waals surface area contributed by atoms with Crippen molar-refractivity contribution >= 4 is 40.0 Å². The minimum absolute atomic E-state index is 0. The van der Waals surface area contributed by atoms with E-state index in [1.54, 1.807) is 14.2 Å². The molecule has 0 bridgehead atoms. The zero-order chi connectivity index (χ0) is 19.5. The number of nitrogens with one attached hydrogen (secondary N) is 3. The number of methoxy groups -OCH3 is 1. The van der Waals surface area contributed by atoms with Crippen LogP contribution < -0.4 is 20.1 Å². The molecule has 28 heavy (non-hydrogen) atoms. The Bertz CT molecular complexity index is 709. The molecule has 1 saturated heterocycles. The van der Waals surface area contributed by atoms with Gasteiger partial charge in [-0.1, -0.05) is 12.1 Å². The molecule has 1 aromatic rings. The minimum Gasteiger partial charge on any atom is -0.497 e. The standard InChI is InChI=1S/C18H30N4O4S.HI/c1-19-18(21-13-15-6-5-8-16(12-15)25-2)20-9-11-27(23,24)22-14-17-7-3-4-10-26-17;/h5-6,8,12,17,22H,3-4,7,9-11,13-14H2,1-2H3,(H2,19,20,21);1H. The molecule has 2 rings (SSSR count). The van der Waals surface area contributed by atoms with Crippen LogP contribution in [0.15, 0.2) is 29.3 Å². The Morgan fingerprint density at radius 2 is 2.14 bits per heavy atom. The highest BCUT2D eigenvalue weighted by Crippen LogP contribution is 2.12. The summed E-state index contributed by atoms with van der Waals surface area (Å²) >= 11 is 0. The maximum Gasteiger partial charge on any atom is 0.213 e. The number of rotatable bonds is 9. The summed E-state index contributed by atoms with van der Waals surface area (Å²) in [5, 5.41) is 6.17. The van der Waals surface area contributed by atoms with E-state index in [1.807, 2.05) is 24.3 Å². The highest BCUT2D eigenvalue weighted by atomic mass is 127. The van der Waals surface area contributed by atoms with Crippen LogP contribution in [0.4, 0.5) is 0 Å². The molecule has 1 aliphatic heterocycles.